The largest absolute Gasteiger partial charge is 0.398 e. The van der Waals surface area contributed by atoms with Crippen LogP contribution in [0.1, 0.15) is 34.3 Å². The van der Waals surface area contributed by atoms with Gasteiger partial charge in [-0.1, -0.05) is 0 Å². The van der Waals surface area contributed by atoms with E-state index in [1.165, 1.54) is 11.3 Å². The van der Waals surface area contributed by atoms with Crippen molar-refractivity contribution in [3.05, 3.63) is 15.8 Å². The Labute approximate surface area is 112 Å². The minimum absolute atomic E-state index is 0.0150. The number of aryl methyl sites for hydroxylation is 1. The number of thiophene rings is 1. The topological polar surface area (TPSA) is 64.3 Å². The van der Waals surface area contributed by atoms with E-state index >= 15 is 0 Å². The van der Waals surface area contributed by atoms with E-state index in [1.807, 2.05) is 6.92 Å². The molecule has 18 heavy (non-hydrogen) atoms. The van der Waals surface area contributed by atoms with Crippen molar-refractivity contribution in [3.8, 4) is 0 Å². The molecule has 2 rings (SSSR count). The highest BCUT2D eigenvalue weighted by atomic mass is 32.1. The SMILES string of the molecule is Cc1sc(C(=O)NC(C)C2CCOCC2)cc1N. The van der Waals surface area contributed by atoms with Gasteiger partial charge in [-0.15, -0.1) is 11.3 Å². The molecule has 4 nitrogen and oxygen atoms in total. The summed E-state index contributed by atoms with van der Waals surface area (Å²) in [5.41, 5.74) is 6.46. The average molecular weight is 268 g/mol. The van der Waals surface area contributed by atoms with Crippen LogP contribution >= 0.6 is 11.3 Å². The Morgan fingerprint density at radius 3 is 2.78 bits per heavy atom. The molecular formula is C13H20N2O2S. The summed E-state index contributed by atoms with van der Waals surface area (Å²) in [6, 6.07) is 1.94. The maximum Gasteiger partial charge on any atom is 0.261 e. The van der Waals surface area contributed by atoms with Crippen molar-refractivity contribution in [1.29, 1.82) is 0 Å². The minimum Gasteiger partial charge on any atom is -0.398 e. The van der Waals surface area contributed by atoms with Gasteiger partial charge in [0, 0.05) is 29.8 Å². The maximum absolute atomic E-state index is 12.1. The third-order valence-corrected chi connectivity index (χ3v) is 4.58. The van der Waals surface area contributed by atoms with Crippen LogP contribution in [0.4, 0.5) is 5.69 Å². The molecule has 1 aromatic rings. The predicted octanol–water partition coefficient (Wildman–Crippen LogP) is 2.18. The van der Waals surface area contributed by atoms with Crippen LogP contribution in [-0.2, 0) is 4.74 Å². The normalized spacial score (nSPS) is 18.6. The van der Waals surface area contributed by atoms with Gasteiger partial charge in [-0.05, 0) is 38.7 Å². The number of nitrogen functional groups attached to an aromatic ring is 1. The molecule has 1 aromatic heterocycles. The van der Waals surface area contributed by atoms with E-state index in [0.29, 0.717) is 16.5 Å². The second kappa shape index (κ2) is 5.71. The number of carbonyl (C=O) groups excluding carboxylic acids is 1. The lowest BCUT2D eigenvalue weighted by atomic mass is 9.93. The molecule has 0 aromatic carbocycles. The summed E-state index contributed by atoms with van der Waals surface area (Å²) >= 11 is 1.45. The van der Waals surface area contributed by atoms with E-state index in [0.717, 1.165) is 30.9 Å². The Bertz CT molecular complexity index is 405. The third kappa shape index (κ3) is 3.03. The minimum atomic E-state index is -0.0150. The van der Waals surface area contributed by atoms with Crippen LogP contribution in [-0.4, -0.2) is 25.2 Å². The number of hydrogen-bond acceptors (Lipinski definition) is 4. The van der Waals surface area contributed by atoms with Crippen LogP contribution in [0, 0.1) is 12.8 Å². The van der Waals surface area contributed by atoms with Crippen LogP contribution in [0.5, 0.6) is 0 Å². The molecule has 1 saturated heterocycles. The molecule has 1 aliphatic heterocycles. The van der Waals surface area contributed by atoms with Crippen LogP contribution in [0.25, 0.3) is 0 Å². The van der Waals surface area contributed by atoms with Crippen molar-refractivity contribution in [1.82, 2.24) is 5.32 Å². The molecule has 100 valence electrons. The van der Waals surface area contributed by atoms with Gasteiger partial charge in [0.25, 0.3) is 5.91 Å². The number of anilines is 1. The number of nitrogens with two attached hydrogens (primary N) is 1. The van der Waals surface area contributed by atoms with Crippen LogP contribution in [0.3, 0.4) is 0 Å². The molecule has 0 bridgehead atoms. The Balaban J connectivity index is 1.93. The zero-order chi connectivity index (χ0) is 13.1. The van der Waals surface area contributed by atoms with Gasteiger partial charge in [0.2, 0.25) is 0 Å². The standard InChI is InChI=1S/C13H20N2O2S/c1-8(10-3-5-17-6-4-10)15-13(16)12-7-11(14)9(2)18-12/h7-8,10H,3-6,14H2,1-2H3,(H,15,16). The van der Waals surface area contributed by atoms with Gasteiger partial charge in [-0.25, -0.2) is 0 Å². The summed E-state index contributed by atoms with van der Waals surface area (Å²) in [7, 11) is 0. The van der Waals surface area contributed by atoms with E-state index in [1.54, 1.807) is 6.07 Å². The van der Waals surface area contributed by atoms with Crippen molar-refractivity contribution in [2.75, 3.05) is 18.9 Å². The summed E-state index contributed by atoms with van der Waals surface area (Å²) < 4.78 is 5.33. The zero-order valence-corrected chi connectivity index (χ0v) is 11.7. The molecule has 0 spiro atoms. The molecule has 0 radical (unpaired) electrons. The van der Waals surface area contributed by atoms with Crippen LogP contribution in [0.15, 0.2) is 6.07 Å². The maximum atomic E-state index is 12.1. The molecule has 1 fully saturated rings. The number of ether oxygens (including phenoxy) is 1. The number of rotatable bonds is 3. The molecule has 2 heterocycles. The van der Waals surface area contributed by atoms with Gasteiger partial charge in [-0.3, -0.25) is 4.79 Å². The van der Waals surface area contributed by atoms with Crippen molar-refractivity contribution in [2.45, 2.75) is 32.7 Å². The van der Waals surface area contributed by atoms with Crippen LogP contribution in [0.2, 0.25) is 0 Å². The monoisotopic (exact) mass is 268 g/mol. The number of carbonyl (C=O) groups is 1. The van der Waals surface area contributed by atoms with E-state index in [2.05, 4.69) is 12.2 Å². The molecule has 1 aliphatic rings. The van der Waals surface area contributed by atoms with Crippen molar-refractivity contribution < 1.29 is 9.53 Å². The van der Waals surface area contributed by atoms with Gasteiger partial charge in [0.05, 0.1) is 4.88 Å². The average Bonchev–Trinajstić information content (AvgIpc) is 2.71. The molecule has 1 atom stereocenters. The number of nitrogens with one attached hydrogen (secondary N) is 1. The lowest BCUT2D eigenvalue weighted by Crippen LogP contribution is -2.40. The summed E-state index contributed by atoms with van der Waals surface area (Å²) in [4.78, 5) is 13.8. The Morgan fingerprint density at radius 2 is 2.22 bits per heavy atom. The van der Waals surface area contributed by atoms with E-state index in [4.69, 9.17) is 10.5 Å². The molecule has 1 amide bonds. The summed E-state index contributed by atoms with van der Waals surface area (Å²) in [5.74, 6) is 0.500. The highest BCUT2D eigenvalue weighted by Crippen LogP contribution is 2.24. The zero-order valence-electron chi connectivity index (χ0n) is 10.9. The Morgan fingerprint density at radius 1 is 1.56 bits per heavy atom. The van der Waals surface area contributed by atoms with Crippen molar-refractivity contribution in [2.24, 2.45) is 5.92 Å². The van der Waals surface area contributed by atoms with Gasteiger partial charge < -0.3 is 15.8 Å². The van der Waals surface area contributed by atoms with Gasteiger partial charge in [0.15, 0.2) is 0 Å². The number of hydrogen-bond donors (Lipinski definition) is 2. The molecular weight excluding hydrogens is 248 g/mol. The second-order valence-corrected chi connectivity index (χ2v) is 6.09. The van der Waals surface area contributed by atoms with E-state index in [9.17, 15) is 4.79 Å². The molecule has 5 heteroatoms. The third-order valence-electron chi connectivity index (χ3n) is 3.51. The lowest BCUT2D eigenvalue weighted by Gasteiger charge is -2.28. The molecule has 0 aliphatic carbocycles. The van der Waals surface area contributed by atoms with Gasteiger partial charge >= 0.3 is 0 Å². The number of amides is 1. The quantitative estimate of drug-likeness (QED) is 0.883. The molecule has 1 unspecified atom stereocenters. The molecule has 0 saturated carbocycles. The first-order chi connectivity index (χ1) is 8.58. The fraction of sp³-hybridized carbons (Fsp3) is 0.615. The fourth-order valence-electron chi connectivity index (χ4n) is 2.22. The predicted molar refractivity (Wildman–Crippen MR) is 73.9 cm³/mol. The first-order valence-electron chi connectivity index (χ1n) is 6.32. The Kier molecular flexibility index (Phi) is 4.24. The first kappa shape index (κ1) is 13.4. The Hall–Kier alpha value is -1.07. The van der Waals surface area contributed by atoms with Crippen molar-refractivity contribution >= 4 is 22.9 Å². The van der Waals surface area contributed by atoms with Crippen molar-refractivity contribution in [3.63, 3.8) is 0 Å². The summed E-state index contributed by atoms with van der Waals surface area (Å²) in [6.07, 6.45) is 2.04. The lowest BCUT2D eigenvalue weighted by molar-refractivity contribution is 0.0539. The highest BCUT2D eigenvalue weighted by Gasteiger charge is 2.22. The molecule has 3 N–H and O–H groups in total. The van der Waals surface area contributed by atoms with E-state index < -0.39 is 0 Å². The van der Waals surface area contributed by atoms with E-state index in [-0.39, 0.29) is 11.9 Å². The smallest absolute Gasteiger partial charge is 0.261 e. The summed E-state index contributed by atoms with van der Waals surface area (Å²) in [6.45, 7) is 5.60. The first-order valence-corrected chi connectivity index (χ1v) is 7.14. The fourth-order valence-corrected chi connectivity index (χ4v) is 3.06. The van der Waals surface area contributed by atoms with Gasteiger partial charge in [0.1, 0.15) is 0 Å². The second-order valence-electron chi connectivity index (χ2n) is 4.83. The summed E-state index contributed by atoms with van der Waals surface area (Å²) in [5, 5.41) is 3.07. The van der Waals surface area contributed by atoms with Crippen LogP contribution < -0.4 is 11.1 Å². The highest BCUT2D eigenvalue weighted by molar-refractivity contribution is 7.14. The van der Waals surface area contributed by atoms with Gasteiger partial charge in [-0.2, -0.15) is 0 Å².